The van der Waals surface area contributed by atoms with Crippen molar-refractivity contribution < 1.29 is 18.9 Å². The molecule has 1 atom stereocenters. The summed E-state index contributed by atoms with van der Waals surface area (Å²) in [6.07, 6.45) is 0.351. The van der Waals surface area contributed by atoms with Crippen LogP contribution in [-0.4, -0.2) is 31.3 Å². The third-order valence-electron chi connectivity index (χ3n) is 1.72. The zero-order valence-corrected chi connectivity index (χ0v) is 8.22. The highest BCUT2D eigenvalue weighted by Crippen LogP contribution is 2.53. The van der Waals surface area contributed by atoms with Crippen LogP contribution in [0.15, 0.2) is 0 Å². The molecule has 0 spiro atoms. The van der Waals surface area contributed by atoms with Crippen molar-refractivity contribution in [2.45, 2.75) is 18.9 Å². The summed E-state index contributed by atoms with van der Waals surface area (Å²) in [5.74, 6) is 0. The molecular formula is C6H15O4P. The summed E-state index contributed by atoms with van der Waals surface area (Å²) >= 11 is 0. The smallest absolute Gasteiger partial charge is 0.255 e. The van der Waals surface area contributed by atoms with Crippen LogP contribution in [0.2, 0.25) is 0 Å². The molecule has 0 heterocycles. The SMILES string of the molecule is CCC(OC)(OC)P(C)(=O)O. The maximum Gasteiger partial charge on any atom is 0.255 e. The lowest BCUT2D eigenvalue weighted by molar-refractivity contribution is -0.149. The Balaban J connectivity index is 4.70. The van der Waals surface area contributed by atoms with E-state index in [0.717, 1.165) is 0 Å². The quantitative estimate of drug-likeness (QED) is 0.525. The fraction of sp³-hybridized carbons (Fsp3) is 1.00. The van der Waals surface area contributed by atoms with Crippen LogP contribution < -0.4 is 0 Å². The zero-order valence-electron chi connectivity index (χ0n) is 7.33. The van der Waals surface area contributed by atoms with Gasteiger partial charge in [0.05, 0.1) is 0 Å². The molecule has 11 heavy (non-hydrogen) atoms. The molecule has 0 aliphatic rings. The summed E-state index contributed by atoms with van der Waals surface area (Å²) in [7, 11) is -0.630. The summed E-state index contributed by atoms with van der Waals surface area (Å²) in [5, 5.41) is 0. The topological polar surface area (TPSA) is 55.8 Å². The first-order valence-electron chi connectivity index (χ1n) is 3.34. The monoisotopic (exact) mass is 182 g/mol. The molecule has 0 aliphatic heterocycles. The van der Waals surface area contributed by atoms with Gasteiger partial charge in [-0.15, -0.1) is 0 Å². The number of methoxy groups -OCH3 is 2. The molecule has 0 radical (unpaired) electrons. The summed E-state index contributed by atoms with van der Waals surface area (Å²) in [6.45, 7) is 2.96. The minimum Gasteiger partial charge on any atom is -0.345 e. The Morgan fingerprint density at radius 1 is 1.45 bits per heavy atom. The second kappa shape index (κ2) is 3.68. The molecule has 0 aliphatic carbocycles. The Morgan fingerprint density at radius 2 is 1.82 bits per heavy atom. The molecule has 5 heteroatoms. The van der Waals surface area contributed by atoms with E-state index in [1.807, 2.05) is 0 Å². The van der Waals surface area contributed by atoms with Gasteiger partial charge in [0.15, 0.2) is 0 Å². The molecule has 0 saturated heterocycles. The average molecular weight is 182 g/mol. The van der Waals surface area contributed by atoms with E-state index >= 15 is 0 Å². The Bertz CT molecular complexity index is 150. The van der Waals surface area contributed by atoms with Gasteiger partial charge in [-0.3, -0.25) is 4.57 Å². The maximum absolute atomic E-state index is 11.2. The predicted octanol–water partition coefficient (Wildman–Crippen LogP) is 1.24. The standard InChI is InChI=1S/C6H15O4P/c1-5-6(9-2,10-3)11(4,7)8/h5H2,1-4H3,(H,7,8). The molecule has 0 aromatic heterocycles. The van der Waals surface area contributed by atoms with Gasteiger partial charge in [-0.1, -0.05) is 6.92 Å². The fourth-order valence-electron chi connectivity index (χ4n) is 1.00. The van der Waals surface area contributed by atoms with Crippen molar-refractivity contribution in [1.82, 2.24) is 0 Å². The largest absolute Gasteiger partial charge is 0.345 e. The first-order chi connectivity index (χ1) is 4.93. The number of hydrogen-bond acceptors (Lipinski definition) is 3. The Hall–Kier alpha value is 0.110. The van der Waals surface area contributed by atoms with Crippen molar-refractivity contribution in [2.24, 2.45) is 0 Å². The number of rotatable bonds is 4. The lowest BCUT2D eigenvalue weighted by atomic mass is 10.5. The second-order valence-corrected chi connectivity index (χ2v) is 4.79. The Labute approximate surface area is 67.0 Å². The zero-order chi connectivity index (χ0) is 9.12. The van der Waals surface area contributed by atoms with E-state index in [9.17, 15) is 9.46 Å². The Morgan fingerprint density at radius 3 is 1.82 bits per heavy atom. The van der Waals surface area contributed by atoms with E-state index in [4.69, 9.17) is 9.47 Å². The summed E-state index contributed by atoms with van der Waals surface area (Å²) in [5.41, 5.74) is -1.33. The van der Waals surface area contributed by atoms with Crippen LogP contribution in [0.3, 0.4) is 0 Å². The first-order valence-corrected chi connectivity index (χ1v) is 5.45. The average Bonchev–Trinajstić information content (AvgIpc) is 1.90. The molecule has 1 unspecified atom stereocenters. The van der Waals surface area contributed by atoms with Crippen molar-refractivity contribution in [1.29, 1.82) is 0 Å². The van der Waals surface area contributed by atoms with E-state index in [2.05, 4.69) is 0 Å². The van der Waals surface area contributed by atoms with Gasteiger partial charge in [0.25, 0.3) is 7.37 Å². The minimum atomic E-state index is -3.35. The van der Waals surface area contributed by atoms with Crippen LogP contribution in [0, 0.1) is 0 Å². The number of hydrogen-bond donors (Lipinski definition) is 1. The molecule has 1 N–H and O–H groups in total. The summed E-state index contributed by atoms with van der Waals surface area (Å²) in [4.78, 5) is 9.23. The van der Waals surface area contributed by atoms with Crippen LogP contribution in [0.25, 0.3) is 0 Å². The molecule has 0 bridgehead atoms. The van der Waals surface area contributed by atoms with Gasteiger partial charge in [0.2, 0.25) is 5.53 Å². The summed E-state index contributed by atoms with van der Waals surface area (Å²) in [6, 6.07) is 0. The molecule has 0 aromatic carbocycles. The van der Waals surface area contributed by atoms with Gasteiger partial charge >= 0.3 is 0 Å². The highest BCUT2D eigenvalue weighted by Gasteiger charge is 2.43. The van der Waals surface area contributed by atoms with Crippen molar-refractivity contribution in [3.05, 3.63) is 0 Å². The van der Waals surface area contributed by atoms with E-state index in [-0.39, 0.29) is 0 Å². The van der Waals surface area contributed by atoms with Gasteiger partial charge in [-0.2, -0.15) is 0 Å². The summed E-state index contributed by atoms with van der Waals surface area (Å²) < 4.78 is 21.0. The molecule has 4 nitrogen and oxygen atoms in total. The normalized spacial score (nSPS) is 17.9. The van der Waals surface area contributed by atoms with E-state index < -0.39 is 12.9 Å². The van der Waals surface area contributed by atoms with Crippen LogP contribution >= 0.6 is 7.37 Å². The predicted molar refractivity (Wildman–Crippen MR) is 42.8 cm³/mol. The third kappa shape index (κ3) is 2.03. The lowest BCUT2D eigenvalue weighted by Gasteiger charge is -2.31. The van der Waals surface area contributed by atoms with Crippen LogP contribution in [0.4, 0.5) is 0 Å². The second-order valence-electron chi connectivity index (χ2n) is 2.35. The molecule has 0 rings (SSSR count). The van der Waals surface area contributed by atoms with Crippen LogP contribution in [-0.2, 0) is 14.0 Å². The van der Waals surface area contributed by atoms with Crippen LogP contribution in [0.5, 0.6) is 0 Å². The highest BCUT2D eigenvalue weighted by molar-refractivity contribution is 7.58. The van der Waals surface area contributed by atoms with E-state index in [1.165, 1.54) is 20.9 Å². The Kier molecular flexibility index (Phi) is 3.71. The van der Waals surface area contributed by atoms with Gasteiger partial charge in [-0.05, 0) is 0 Å². The molecule has 0 aromatic rings. The molecule has 0 fully saturated rings. The molecule has 68 valence electrons. The molecule has 0 amide bonds. The van der Waals surface area contributed by atoms with Crippen molar-refractivity contribution in [3.8, 4) is 0 Å². The molecular weight excluding hydrogens is 167 g/mol. The number of ether oxygens (including phenoxy) is 2. The first kappa shape index (κ1) is 11.1. The van der Waals surface area contributed by atoms with Gasteiger partial charge in [0.1, 0.15) is 0 Å². The lowest BCUT2D eigenvalue weighted by Crippen LogP contribution is -2.32. The van der Waals surface area contributed by atoms with Crippen LogP contribution in [0.1, 0.15) is 13.3 Å². The van der Waals surface area contributed by atoms with Gasteiger partial charge < -0.3 is 14.4 Å². The van der Waals surface area contributed by atoms with Crippen molar-refractivity contribution in [3.63, 3.8) is 0 Å². The van der Waals surface area contributed by atoms with Gasteiger partial charge in [0, 0.05) is 27.3 Å². The van der Waals surface area contributed by atoms with E-state index in [0.29, 0.717) is 6.42 Å². The highest BCUT2D eigenvalue weighted by atomic mass is 31.2. The molecule has 0 saturated carbocycles. The van der Waals surface area contributed by atoms with Crippen molar-refractivity contribution in [2.75, 3.05) is 20.9 Å². The van der Waals surface area contributed by atoms with Crippen molar-refractivity contribution >= 4 is 7.37 Å². The fourth-order valence-corrected chi connectivity index (χ4v) is 2.27. The maximum atomic E-state index is 11.2. The third-order valence-corrected chi connectivity index (χ3v) is 3.66. The van der Waals surface area contributed by atoms with Gasteiger partial charge in [-0.25, -0.2) is 0 Å². The minimum absolute atomic E-state index is 0.351. The van der Waals surface area contributed by atoms with E-state index in [1.54, 1.807) is 6.92 Å².